The molecule has 0 unspecified atom stereocenters. The molecular formula is C11H20N4O. The first-order valence-electron chi connectivity index (χ1n) is 5.50. The van der Waals surface area contributed by atoms with Gasteiger partial charge in [-0.3, -0.25) is 9.48 Å². The second kappa shape index (κ2) is 5.65. The molecule has 5 nitrogen and oxygen atoms in total. The van der Waals surface area contributed by atoms with Crippen LogP contribution in [0.3, 0.4) is 0 Å². The zero-order valence-corrected chi connectivity index (χ0v) is 10.4. The molecule has 1 aromatic heterocycles. The van der Waals surface area contributed by atoms with Crippen molar-refractivity contribution in [3.8, 4) is 0 Å². The zero-order chi connectivity index (χ0) is 12.1. The maximum atomic E-state index is 11.8. The van der Waals surface area contributed by atoms with Gasteiger partial charge in [0.05, 0.1) is 5.69 Å². The minimum atomic E-state index is -0.0635. The molecule has 90 valence electrons. The topological polar surface area (TPSA) is 58.9 Å². The first-order chi connectivity index (χ1) is 7.54. The molecule has 0 aromatic carbocycles. The predicted molar refractivity (Wildman–Crippen MR) is 63.4 cm³/mol. The quantitative estimate of drug-likeness (QED) is 0.763. The Hall–Kier alpha value is -1.36. The van der Waals surface area contributed by atoms with Crippen LogP contribution in [-0.4, -0.2) is 35.3 Å². The Morgan fingerprint density at radius 1 is 1.62 bits per heavy atom. The largest absolute Gasteiger partial charge is 0.351 e. The molecule has 0 spiro atoms. The number of carbonyl (C=O) groups excluding carboxylic acids is 1. The van der Waals surface area contributed by atoms with Gasteiger partial charge in [-0.2, -0.15) is 5.10 Å². The number of rotatable bonds is 5. The molecule has 1 atom stereocenters. The van der Waals surface area contributed by atoms with E-state index in [0.717, 1.165) is 12.1 Å². The van der Waals surface area contributed by atoms with Crippen LogP contribution >= 0.6 is 0 Å². The number of hydrogen-bond donors (Lipinski definition) is 2. The fraction of sp³-hybridized carbons (Fsp3) is 0.636. The van der Waals surface area contributed by atoms with Crippen LogP contribution in [0.1, 0.15) is 29.5 Å². The van der Waals surface area contributed by atoms with E-state index in [-0.39, 0.29) is 5.91 Å². The smallest absolute Gasteiger partial charge is 0.269 e. The van der Waals surface area contributed by atoms with Crippen molar-refractivity contribution in [3.05, 3.63) is 17.5 Å². The van der Waals surface area contributed by atoms with Gasteiger partial charge in [0.1, 0.15) is 5.69 Å². The summed E-state index contributed by atoms with van der Waals surface area (Å²) in [7, 11) is 3.69. The van der Waals surface area contributed by atoms with Gasteiger partial charge in [-0.15, -0.1) is 0 Å². The molecule has 0 aliphatic carbocycles. The summed E-state index contributed by atoms with van der Waals surface area (Å²) in [6, 6.07) is 2.20. The minimum Gasteiger partial charge on any atom is -0.351 e. The highest BCUT2D eigenvalue weighted by Crippen LogP contribution is 2.01. The van der Waals surface area contributed by atoms with E-state index in [4.69, 9.17) is 0 Å². The molecule has 0 fully saturated rings. The van der Waals surface area contributed by atoms with E-state index >= 15 is 0 Å². The van der Waals surface area contributed by atoms with Crippen molar-refractivity contribution >= 4 is 5.91 Å². The van der Waals surface area contributed by atoms with Gasteiger partial charge in [-0.25, -0.2) is 0 Å². The van der Waals surface area contributed by atoms with Crippen molar-refractivity contribution < 1.29 is 4.79 Å². The molecule has 1 amide bonds. The third-order valence-electron chi connectivity index (χ3n) is 2.59. The summed E-state index contributed by atoms with van der Waals surface area (Å²) in [4.78, 5) is 11.8. The predicted octanol–water partition coefficient (Wildman–Crippen LogP) is 0.456. The Morgan fingerprint density at radius 2 is 2.31 bits per heavy atom. The van der Waals surface area contributed by atoms with E-state index in [1.807, 2.05) is 14.0 Å². The van der Waals surface area contributed by atoms with E-state index in [9.17, 15) is 4.79 Å². The number of hydrogen-bond acceptors (Lipinski definition) is 3. The first kappa shape index (κ1) is 12.7. The average molecular weight is 224 g/mol. The normalized spacial score (nSPS) is 12.5. The van der Waals surface area contributed by atoms with Gasteiger partial charge in [0.25, 0.3) is 5.91 Å². The second-order valence-corrected chi connectivity index (χ2v) is 4.03. The SMILES string of the molecule is CN[C@H](C)CCNC(=O)c1cc(C)nn1C. The number of amides is 1. The number of aromatic nitrogens is 2. The molecule has 0 aliphatic rings. The molecule has 1 heterocycles. The Kier molecular flexibility index (Phi) is 4.49. The lowest BCUT2D eigenvalue weighted by atomic mass is 10.2. The van der Waals surface area contributed by atoms with E-state index in [0.29, 0.717) is 18.3 Å². The monoisotopic (exact) mass is 224 g/mol. The van der Waals surface area contributed by atoms with Crippen molar-refractivity contribution in [3.63, 3.8) is 0 Å². The van der Waals surface area contributed by atoms with E-state index < -0.39 is 0 Å². The first-order valence-corrected chi connectivity index (χ1v) is 5.50. The molecule has 0 saturated heterocycles. The third kappa shape index (κ3) is 3.34. The molecular weight excluding hydrogens is 204 g/mol. The zero-order valence-electron chi connectivity index (χ0n) is 10.4. The highest BCUT2D eigenvalue weighted by atomic mass is 16.2. The molecule has 1 rings (SSSR count). The molecule has 0 aliphatic heterocycles. The highest BCUT2D eigenvalue weighted by molar-refractivity contribution is 5.92. The minimum absolute atomic E-state index is 0.0635. The van der Waals surface area contributed by atoms with Gasteiger partial charge in [-0.05, 0) is 33.4 Å². The lowest BCUT2D eigenvalue weighted by molar-refractivity contribution is 0.0943. The Labute approximate surface area is 96.2 Å². The van der Waals surface area contributed by atoms with Gasteiger partial charge >= 0.3 is 0 Å². The van der Waals surface area contributed by atoms with Gasteiger partial charge < -0.3 is 10.6 Å². The van der Waals surface area contributed by atoms with Crippen LogP contribution in [0.5, 0.6) is 0 Å². The number of carbonyl (C=O) groups is 1. The summed E-state index contributed by atoms with van der Waals surface area (Å²) in [6.45, 7) is 4.63. The van der Waals surface area contributed by atoms with Crippen LogP contribution in [0.4, 0.5) is 0 Å². The standard InChI is InChI=1S/C11H20N4O/c1-8(12-3)5-6-13-11(16)10-7-9(2)14-15(10)4/h7-8,12H,5-6H2,1-4H3,(H,13,16)/t8-/m1/s1. The Balaban J connectivity index is 2.44. The van der Waals surface area contributed by atoms with Gasteiger partial charge in [0.2, 0.25) is 0 Å². The van der Waals surface area contributed by atoms with Crippen molar-refractivity contribution in [2.24, 2.45) is 7.05 Å². The maximum Gasteiger partial charge on any atom is 0.269 e. The Bertz CT molecular complexity index is 359. The summed E-state index contributed by atoms with van der Waals surface area (Å²) in [5, 5.41) is 10.1. The van der Waals surface area contributed by atoms with Crippen molar-refractivity contribution in [2.75, 3.05) is 13.6 Å². The fourth-order valence-electron chi connectivity index (χ4n) is 1.46. The van der Waals surface area contributed by atoms with Crippen LogP contribution in [0.2, 0.25) is 0 Å². The summed E-state index contributed by atoms with van der Waals surface area (Å²) < 4.78 is 1.60. The average Bonchev–Trinajstić information content (AvgIpc) is 2.57. The molecule has 0 saturated carbocycles. The van der Waals surface area contributed by atoms with Gasteiger partial charge in [0.15, 0.2) is 0 Å². The number of nitrogens with one attached hydrogen (secondary N) is 2. The Morgan fingerprint density at radius 3 is 2.81 bits per heavy atom. The van der Waals surface area contributed by atoms with E-state index in [1.165, 1.54) is 0 Å². The summed E-state index contributed by atoms with van der Waals surface area (Å²) in [5.74, 6) is -0.0635. The molecule has 1 aromatic rings. The maximum absolute atomic E-state index is 11.8. The molecule has 16 heavy (non-hydrogen) atoms. The third-order valence-corrected chi connectivity index (χ3v) is 2.59. The van der Waals surface area contributed by atoms with Crippen molar-refractivity contribution in [1.29, 1.82) is 0 Å². The van der Waals surface area contributed by atoms with Crippen molar-refractivity contribution in [1.82, 2.24) is 20.4 Å². The summed E-state index contributed by atoms with van der Waals surface area (Å²) in [6.07, 6.45) is 0.916. The van der Waals surface area contributed by atoms with Gasteiger partial charge in [0, 0.05) is 19.6 Å². The van der Waals surface area contributed by atoms with Crippen LogP contribution in [0.15, 0.2) is 6.07 Å². The van der Waals surface area contributed by atoms with Crippen LogP contribution in [0, 0.1) is 6.92 Å². The summed E-state index contributed by atoms with van der Waals surface area (Å²) in [5.41, 5.74) is 1.46. The molecule has 0 bridgehead atoms. The van der Waals surface area contributed by atoms with Gasteiger partial charge in [-0.1, -0.05) is 0 Å². The van der Waals surface area contributed by atoms with Crippen LogP contribution < -0.4 is 10.6 Å². The van der Waals surface area contributed by atoms with E-state index in [1.54, 1.807) is 17.8 Å². The second-order valence-electron chi connectivity index (χ2n) is 4.03. The number of aryl methyl sites for hydroxylation is 2. The molecule has 2 N–H and O–H groups in total. The van der Waals surface area contributed by atoms with Crippen LogP contribution in [-0.2, 0) is 7.05 Å². The van der Waals surface area contributed by atoms with E-state index in [2.05, 4.69) is 22.7 Å². The van der Waals surface area contributed by atoms with Crippen LogP contribution in [0.25, 0.3) is 0 Å². The van der Waals surface area contributed by atoms with Crippen molar-refractivity contribution in [2.45, 2.75) is 26.3 Å². The molecule has 5 heteroatoms. The lowest BCUT2D eigenvalue weighted by Crippen LogP contribution is -2.31. The number of nitrogens with zero attached hydrogens (tertiary/aromatic N) is 2. The fourth-order valence-corrected chi connectivity index (χ4v) is 1.46. The lowest BCUT2D eigenvalue weighted by Gasteiger charge is -2.10. The molecule has 0 radical (unpaired) electrons. The summed E-state index contributed by atoms with van der Waals surface area (Å²) >= 11 is 0. The highest BCUT2D eigenvalue weighted by Gasteiger charge is 2.11.